The van der Waals surface area contributed by atoms with Crippen molar-refractivity contribution >= 4 is 40.5 Å². The number of halogens is 1. The summed E-state index contributed by atoms with van der Waals surface area (Å²) in [6, 6.07) is 11.9. The van der Waals surface area contributed by atoms with E-state index in [1.807, 2.05) is 6.07 Å². The van der Waals surface area contributed by atoms with Crippen LogP contribution < -0.4 is 10.1 Å². The van der Waals surface area contributed by atoms with Gasteiger partial charge in [0, 0.05) is 0 Å². The van der Waals surface area contributed by atoms with Crippen LogP contribution >= 0.6 is 22.9 Å². The van der Waals surface area contributed by atoms with Gasteiger partial charge in [-0.25, -0.2) is 4.79 Å². The Morgan fingerprint density at radius 1 is 1.19 bits per heavy atom. The first kappa shape index (κ1) is 18.0. The van der Waals surface area contributed by atoms with E-state index in [2.05, 4.69) is 10.1 Å². The standard InChI is InChI=1S/C18H14ClNO5S/c1-23-18(22)16-13(8-9-26-16)20-17(21)15-7-6-11(25-15)10-24-14-5-3-2-4-12(14)19/h2-9H,10H2,1H3,(H,20,21). The van der Waals surface area contributed by atoms with Gasteiger partial charge in [0.2, 0.25) is 0 Å². The minimum Gasteiger partial charge on any atom is -0.484 e. The summed E-state index contributed by atoms with van der Waals surface area (Å²) in [5.41, 5.74) is 0.372. The number of para-hydroxylation sites is 1. The third-order valence-electron chi connectivity index (χ3n) is 3.38. The van der Waals surface area contributed by atoms with Gasteiger partial charge in [-0.2, -0.15) is 0 Å². The minimum absolute atomic E-state index is 0.102. The number of amides is 1. The molecule has 0 spiro atoms. The van der Waals surface area contributed by atoms with Crippen LogP contribution in [0, 0.1) is 0 Å². The van der Waals surface area contributed by atoms with Gasteiger partial charge in [0.25, 0.3) is 5.91 Å². The summed E-state index contributed by atoms with van der Waals surface area (Å²) in [4.78, 5) is 24.3. The monoisotopic (exact) mass is 391 g/mol. The summed E-state index contributed by atoms with van der Waals surface area (Å²) < 4.78 is 15.7. The molecule has 2 heterocycles. The molecule has 0 saturated carbocycles. The number of carbonyl (C=O) groups is 2. The fraction of sp³-hybridized carbons (Fsp3) is 0.111. The molecule has 0 unspecified atom stereocenters. The van der Waals surface area contributed by atoms with Gasteiger partial charge in [-0.15, -0.1) is 11.3 Å². The van der Waals surface area contributed by atoms with Crippen LogP contribution in [0.3, 0.4) is 0 Å². The molecule has 6 nitrogen and oxygen atoms in total. The maximum absolute atomic E-state index is 12.3. The van der Waals surface area contributed by atoms with Crippen molar-refractivity contribution in [2.24, 2.45) is 0 Å². The largest absolute Gasteiger partial charge is 0.484 e. The van der Waals surface area contributed by atoms with E-state index < -0.39 is 11.9 Å². The molecule has 0 atom stereocenters. The Morgan fingerprint density at radius 2 is 2.00 bits per heavy atom. The van der Waals surface area contributed by atoms with Crippen molar-refractivity contribution in [1.82, 2.24) is 0 Å². The number of furan rings is 1. The molecule has 2 aromatic heterocycles. The average molecular weight is 392 g/mol. The lowest BCUT2D eigenvalue weighted by Gasteiger charge is -2.06. The third-order valence-corrected chi connectivity index (χ3v) is 4.58. The van der Waals surface area contributed by atoms with Gasteiger partial charge in [0.1, 0.15) is 23.0 Å². The zero-order chi connectivity index (χ0) is 18.5. The topological polar surface area (TPSA) is 77.8 Å². The van der Waals surface area contributed by atoms with Crippen LogP contribution in [0.5, 0.6) is 5.75 Å². The molecule has 0 aliphatic carbocycles. The first-order chi connectivity index (χ1) is 12.6. The summed E-state index contributed by atoms with van der Waals surface area (Å²) in [6.45, 7) is 0.128. The molecule has 0 aliphatic rings. The number of ether oxygens (including phenoxy) is 2. The van der Waals surface area contributed by atoms with Crippen molar-refractivity contribution in [1.29, 1.82) is 0 Å². The molecule has 0 fully saturated rings. The minimum atomic E-state index is -0.511. The fourth-order valence-corrected chi connectivity index (χ4v) is 3.09. The molecular weight excluding hydrogens is 378 g/mol. The zero-order valence-electron chi connectivity index (χ0n) is 13.7. The van der Waals surface area contributed by atoms with Gasteiger partial charge in [-0.3, -0.25) is 4.79 Å². The molecule has 0 saturated heterocycles. The number of anilines is 1. The zero-order valence-corrected chi connectivity index (χ0v) is 15.2. The van der Waals surface area contributed by atoms with Crippen molar-refractivity contribution in [2.45, 2.75) is 6.61 Å². The van der Waals surface area contributed by atoms with Crippen molar-refractivity contribution in [3.63, 3.8) is 0 Å². The quantitative estimate of drug-likeness (QED) is 0.621. The number of hydrogen-bond acceptors (Lipinski definition) is 6. The normalized spacial score (nSPS) is 10.4. The third kappa shape index (κ3) is 4.07. The number of nitrogens with one attached hydrogen (secondary N) is 1. The molecule has 0 bridgehead atoms. The van der Waals surface area contributed by atoms with E-state index in [0.29, 0.717) is 27.1 Å². The van der Waals surface area contributed by atoms with E-state index >= 15 is 0 Å². The Bertz CT molecular complexity index is 933. The summed E-state index contributed by atoms with van der Waals surface area (Å²) in [7, 11) is 1.28. The van der Waals surface area contributed by atoms with Crippen molar-refractivity contribution < 1.29 is 23.5 Å². The van der Waals surface area contributed by atoms with Gasteiger partial charge >= 0.3 is 5.97 Å². The van der Waals surface area contributed by atoms with Crippen LogP contribution in [0.2, 0.25) is 5.02 Å². The summed E-state index contributed by atoms with van der Waals surface area (Å²) in [6.07, 6.45) is 0. The Balaban J connectivity index is 1.64. The molecule has 8 heteroatoms. The highest BCUT2D eigenvalue weighted by Gasteiger charge is 2.18. The first-order valence-electron chi connectivity index (χ1n) is 7.51. The Labute approximate surface area is 158 Å². The lowest BCUT2D eigenvalue weighted by Crippen LogP contribution is -2.13. The molecule has 1 N–H and O–H groups in total. The highest BCUT2D eigenvalue weighted by atomic mass is 35.5. The van der Waals surface area contributed by atoms with Crippen molar-refractivity contribution in [3.8, 4) is 5.75 Å². The second kappa shape index (κ2) is 8.07. The van der Waals surface area contributed by atoms with Gasteiger partial charge in [0.05, 0.1) is 17.8 Å². The Hall–Kier alpha value is -2.77. The van der Waals surface area contributed by atoms with Crippen LogP contribution in [-0.2, 0) is 11.3 Å². The predicted octanol–water partition coefficient (Wildman–Crippen LogP) is 4.61. The van der Waals surface area contributed by atoms with Gasteiger partial charge in [0.15, 0.2) is 5.76 Å². The Kier molecular flexibility index (Phi) is 5.60. The number of carbonyl (C=O) groups excluding carboxylic acids is 2. The molecule has 0 radical (unpaired) electrons. The van der Waals surface area contributed by atoms with Gasteiger partial charge in [-0.05, 0) is 35.7 Å². The van der Waals surface area contributed by atoms with Crippen molar-refractivity contribution in [2.75, 3.05) is 12.4 Å². The van der Waals surface area contributed by atoms with Crippen LogP contribution in [0.1, 0.15) is 26.0 Å². The average Bonchev–Trinajstić information content (AvgIpc) is 3.30. The first-order valence-corrected chi connectivity index (χ1v) is 8.77. The molecule has 3 rings (SSSR count). The van der Waals surface area contributed by atoms with E-state index in [1.54, 1.807) is 35.7 Å². The number of thiophene rings is 1. The van der Waals surface area contributed by atoms with Crippen LogP contribution in [0.25, 0.3) is 0 Å². The molecule has 26 heavy (non-hydrogen) atoms. The molecule has 1 aromatic carbocycles. The second-order valence-electron chi connectivity index (χ2n) is 5.09. The maximum Gasteiger partial charge on any atom is 0.350 e. The highest BCUT2D eigenvalue weighted by Crippen LogP contribution is 2.25. The van der Waals surface area contributed by atoms with Crippen molar-refractivity contribution in [3.05, 3.63) is 69.3 Å². The number of benzene rings is 1. The molecular formula is C18H14ClNO5S. The number of methoxy groups -OCH3 is 1. The molecule has 134 valence electrons. The number of rotatable bonds is 6. The number of esters is 1. The van der Waals surface area contributed by atoms with Gasteiger partial charge in [-0.1, -0.05) is 23.7 Å². The number of hydrogen-bond donors (Lipinski definition) is 1. The highest BCUT2D eigenvalue weighted by molar-refractivity contribution is 7.12. The maximum atomic E-state index is 12.3. The molecule has 1 amide bonds. The lowest BCUT2D eigenvalue weighted by atomic mass is 10.3. The van der Waals surface area contributed by atoms with E-state index in [1.165, 1.54) is 24.5 Å². The van der Waals surface area contributed by atoms with Crippen LogP contribution in [0.15, 0.2) is 52.3 Å². The lowest BCUT2D eigenvalue weighted by molar-refractivity contribution is 0.0607. The van der Waals surface area contributed by atoms with E-state index in [0.717, 1.165) is 0 Å². The fourth-order valence-electron chi connectivity index (χ4n) is 2.13. The SMILES string of the molecule is COC(=O)c1sccc1NC(=O)c1ccc(COc2ccccc2Cl)o1. The van der Waals surface area contributed by atoms with E-state index in [9.17, 15) is 9.59 Å². The smallest absolute Gasteiger partial charge is 0.350 e. The summed E-state index contributed by atoms with van der Waals surface area (Å²) in [5, 5.41) is 4.81. The van der Waals surface area contributed by atoms with Gasteiger partial charge < -0.3 is 19.2 Å². The summed E-state index contributed by atoms with van der Waals surface area (Å²) >= 11 is 7.20. The van der Waals surface area contributed by atoms with E-state index in [4.69, 9.17) is 20.8 Å². The molecule has 0 aliphatic heterocycles. The van der Waals surface area contributed by atoms with E-state index in [-0.39, 0.29) is 12.4 Å². The van der Waals surface area contributed by atoms with Crippen LogP contribution in [-0.4, -0.2) is 19.0 Å². The second-order valence-corrected chi connectivity index (χ2v) is 6.42. The Morgan fingerprint density at radius 3 is 2.77 bits per heavy atom. The summed E-state index contributed by atoms with van der Waals surface area (Å²) in [5.74, 6) is 0.108. The molecule has 3 aromatic rings. The predicted molar refractivity (Wildman–Crippen MR) is 98.1 cm³/mol. The van der Waals surface area contributed by atoms with Crippen LogP contribution in [0.4, 0.5) is 5.69 Å².